The topological polar surface area (TPSA) is 56.3 Å². The molecule has 2 aliphatic heterocycles. The van der Waals surface area contributed by atoms with E-state index in [0.29, 0.717) is 6.04 Å². The van der Waals surface area contributed by atoms with Gasteiger partial charge in [0.1, 0.15) is 0 Å². The van der Waals surface area contributed by atoms with E-state index in [1.165, 1.54) is 0 Å². The van der Waals surface area contributed by atoms with Crippen LogP contribution in [0.2, 0.25) is 0 Å². The molecule has 1 spiro atoms. The fourth-order valence-corrected chi connectivity index (χ4v) is 3.97. The monoisotopic (exact) mass is 317 g/mol. The summed E-state index contributed by atoms with van der Waals surface area (Å²) in [4.78, 5) is 8.83. The average Bonchev–Trinajstić information content (AvgIpc) is 3.19. The lowest BCUT2D eigenvalue weighted by Gasteiger charge is -2.37. The molecule has 2 aromatic rings. The Bertz CT molecular complexity index is 625. The number of ether oxygens (including phenoxy) is 2. The second kappa shape index (κ2) is 5.95. The summed E-state index contributed by atoms with van der Waals surface area (Å²) in [6.45, 7) is 2.33. The van der Waals surface area contributed by atoms with Crippen molar-refractivity contribution in [3.8, 4) is 11.3 Å². The Balaban J connectivity index is 1.44. The van der Waals surface area contributed by atoms with E-state index in [9.17, 15) is 0 Å². The number of nitrogens with zero attached hydrogens (tertiary/aromatic N) is 2. The Kier molecular flexibility index (Phi) is 3.82. The summed E-state index contributed by atoms with van der Waals surface area (Å²) in [5, 5.41) is 6.62. The molecule has 5 nitrogen and oxygen atoms in total. The summed E-state index contributed by atoms with van der Waals surface area (Å²) in [6, 6.07) is 4.37. The van der Waals surface area contributed by atoms with Gasteiger partial charge in [-0.15, -0.1) is 11.3 Å². The predicted molar refractivity (Wildman–Crippen MR) is 86.1 cm³/mol. The zero-order valence-electron chi connectivity index (χ0n) is 12.3. The molecule has 1 N–H and O–H groups in total. The van der Waals surface area contributed by atoms with E-state index in [1.54, 1.807) is 17.5 Å². The third-order valence-corrected chi connectivity index (χ3v) is 5.12. The van der Waals surface area contributed by atoms with Gasteiger partial charge in [0.25, 0.3) is 0 Å². The van der Waals surface area contributed by atoms with Crippen molar-refractivity contribution in [2.45, 2.75) is 30.9 Å². The zero-order valence-corrected chi connectivity index (χ0v) is 13.1. The Labute approximate surface area is 133 Å². The first-order chi connectivity index (χ1) is 10.8. The van der Waals surface area contributed by atoms with Gasteiger partial charge >= 0.3 is 0 Å². The predicted octanol–water partition coefficient (Wildman–Crippen LogP) is 2.96. The minimum absolute atomic E-state index is 0.0701. The maximum atomic E-state index is 5.98. The summed E-state index contributed by atoms with van der Waals surface area (Å²) in [5.41, 5.74) is 1.96. The van der Waals surface area contributed by atoms with Gasteiger partial charge in [-0.1, -0.05) is 0 Å². The van der Waals surface area contributed by atoms with Crippen LogP contribution in [0.25, 0.3) is 11.3 Å². The van der Waals surface area contributed by atoms with Crippen LogP contribution in [0, 0.1) is 0 Å². The molecular weight excluding hydrogens is 298 g/mol. The highest BCUT2D eigenvalue weighted by Crippen LogP contribution is 2.34. The first-order valence-corrected chi connectivity index (χ1v) is 8.55. The lowest BCUT2D eigenvalue weighted by atomic mass is 9.90. The number of thiazole rings is 1. The number of anilines is 1. The Morgan fingerprint density at radius 2 is 2.36 bits per heavy atom. The van der Waals surface area contributed by atoms with Crippen LogP contribution >= 0.6 is 11.3 Å². The number of hydrogen-bond acceptors (Lipinski definition) is 6. The average molecular weight is 317 g/mol. The summed E-state index contributed by atoms with van der Waals surface area (Å²) >= 11 is 1.65. The van der Waals surface area contributed by atoms with Crippen molar-refractivity contribution in [3.63, 3.8) is 0 Å². The number of aromatic nitrogens is 2. The van der Waals surface area contributed by atoms with Gasteiger partial charge in [-0.2, -0.15) is 0 Å². The van der Waals surface area contributed by atoms with Crippen molar-refractivity contribution in [1.29, 1.82) is 0 Å². The quantitative estimate of drug-likeness (QED) is 0.943. The lowest BCUT2D eigenvalue weighted by Crippen LogP contribution is -2.44. The van der Waals surface area contributed by atoms with Crippen LogP contribution in [0.3, 0.4) is 0 Å². The molecule has 22 heavy (non-hydrogen) atoms. The van der Waals surface area contributed by atoms with E-state index >= 15 is 0 Å². The molecule has 4 heterocycles. The van der Waals surface area contributed by atoms with Gasteiger partial charge in [0.15, 0.2) is 5.13 Å². The van der Waals surface area contributed by atoms with Crippen molar-refractivity contribution in [2.24, 2.45) is 0 Å². The van der Waals surface area contributed by atoms with E-state index in [4.69, 9.17) is 9.47 Å². The second-order valence-corrected chi connectivity index (χ2v) is 6.81. The smallest absolute Gasteiger partial charge is 0.183 e. The minimum Gasteiger partial charge on any atom is -0.378 e. The molecule has 2 aromatic heterocycles. The van der Waals surface area contributed by atoms with Gasteiger partial charge in [0.2, 0.25) is 0 Å². The summed E-state index contributed by atoms with van der Waals surface area (Å²) in [5.74, 6) is 0. The first kappa shape index (κ1) is 14.1. The van der Waals surface area contributed by atoms with Crippen molar-refractivity contribution >= 4 is 16.5 Å². The van der Waals surface area contributed by atoms with Gasteiger partial charge in [0.05, 0.1) is 17.9 Å². The van der Waals surface area contributed by atoms with Crippen LogP contribution in [0.15, 0.2) is 29.9 Å². The molecule has 0 amide bonds. The van der Waals surface area contributed by atoms with Crippen LogP contribution in [-0.2, 0) is 9.47 Å². The van der Waals surface area contributed by atoms with Crippen molar-refractivity contribution < 1.29 is 9.47 Å². The molecule has 0 aromatic carbocycles. The molecule has 2 saturated heterocycles. The third-order valence-electron chi connectivity index (χ3n) is 4.35. The molecule has 2 fully saturated rings. The fourth-order valence-electron chi connectivity index (χ4n) is 3.18. The zero-order chi connectivity index (χ0) is 14.8. The Morgan fingerprint density at radius 3 is 3.18 bits per heavy atom. The molecule has 0 radical (unpaired) electrons. The van der Waals surface area contributed by atoms with Crippen LogP contribution in [-0.4, -0.2) is 41.4 Å². The second-order valence-electron chi connectivity index (χ2n) is 5.95. The number of hydrogen-bond donors (Lipinski definition) is 1. The van der Waals surface area contributed by atoms with Crippen molar-refractivity contribution in [2.75, 3.05) is 25.1 Å². The molecule has 2 atom stereocenters. The van der Waals surface area contributed by atoms with Gasteiger partial charge in [0, 0.05) is 49.0 Å². The molecule has 6 heteroatoms. The SMILES string of the molecule is c1cncc(-c2csc(NC3CCOC4(CCOC4)C3)n2)c1. The van der Waals surface area contributed by atoms with E-state index in [-0.39, 0.29) is 5.60 Å². The number of pyridine rings is 1. The Hall–Kier alpha value is -1.50. The third kappa shape index (κ3) is 2.86. The van der Waals surface area contributed by atoms with Crippen LogP contribution < -0.4 is 5.32 Å². The van der Waals surface area contributed by atoms with E-state index in [2.05, 4.69) is 20.7 Å². The Morgan fingerprint density at radius 1 is 1.36 bits per heavy atom. The van der Waals surface area contributed by atoms with E-state index in [0.717, 1.165) is 55.5 Å². The normalized spacial score (nSPS) is 28.1. The maximum absolute atomic E-state index is 5.98. The van der Waals surface area contributed by atoms with Gasteiger partial charge < -0.3 is 14.8 Å². The van der Waals surface area contributed by atoms with Crippen LogP contribution in [0.1, 0.15) is 19.3 Å². The van der Waals surface area contributed by atoms with E-state index < -0.39 is 0 Å². The van der Waals surface area contributed by atoms with Gasteiger partial charge in [-0.25, -0.2) is 4.98 Å². The van der Waals surface area contributed by atoms with Crippen molar-refractivity contribution in [3.05, 3.63) is 29.9 Å². The highest BCUT2D eigenvalue weighted by Gasteiger charge is 2.41. The molecule has 0 saturated carbocycles. The van der Waals surface area contributed by atoms with Crippen LogP contribution in [0.4, 0.5) is 5.13 Å². The first-order valence-electron chi connectivity index (χ1n) is 7.67. The van der Waals surface area contributed by atoms with Crippen molar-refractivity contribution in [1.82, 2.24) is 9.97 Å². The summed E-state index contributed by atoms with van der Waals surface area (Å²) in [6.07, 6.45) is 6.64. The fraction of sp³-hybridized carbons (Fsp3) is 0.500. The molecule has 4 rings (SSSR count). The molecule has 0 aliphatic carbocycles. The van der Waals surface area contributed by atoms with Gasteiger partial charge in [-0.3, -0.25) is 4.98 Å². The highest BCUT2D eigenvalue weighted by atomic mass is 32.1. The standard InChI is InChI=1S/C16H19N3O2S/c1-2-12(9-17-5-1)14-10-22-15(19-14)18-13-3-6-21-16(8-13)4-7-20-11-16/h1-2,5,9-10,13H,3-4,6-8,11H2,(H,18,19). The largest absolute Gasteiger partial charge is 0.378 e. The number of nitrogens with one attached hydrogen (secondary N) is 1. The summed E-state index contributed by atoms with van der Waals surface area (Å²) < 4.78 is 11.5. The lowest BCUT2D eigenvalue weighted by molar-refractivity contribution is -0.0828. The molecule has 2 aliphatic rings. The molecule has 0 bridgehead atoms. The van der Waals surface area contributed by atoms with Gasteiger partial charge in [-0.05, 0) is 25.0 Å². The molecule has 2 unspecified atom stereocenters. The summed E-state index contributed by atoms with van der Waals surface area (Å²) in [7, 11) is 0. The molecular formula is C16H19N3O2S. The van der Waals surface area contributed by atoms with Crippen LogP contribution in [0.5, 0.6) is 0 Å². The maximum Gasteiger partial charge on any atom is 0.183 e. The minimum atomic E-state index is -0.0701. The highest BCUT2D eigenvalue weighted by molar-refractivity contribution is 7.14. The number of rotatable bonds is 3. The van der Waals surface area contributed by atoms with E-state index in [1.807, 2.05) is 18.3 Å². The molecule has 116 valence electrons.